The number of aromatic nitrogens is 4. The normalized spacial score (nSPS) is 18.1. The van der Waals surface area contributed by atoms with Gasteiger partial charge in [-0.15, -0.1) is 0 Å². The molecule has 2 aliphatic heterocycles. The first-order chi connectivity index (χ1) is 25.7. The van der Waals surface area contributed by atoms with Crippen molar-refractivity contribution in [3.8, 4) is 28.8 Å². The number of nitrogens with one attached hydrogen (secondary N) is 1. The van der Waals surface area contributed by atoms with E-state index in [1.807, 2.05) is 48.4 Å². The minimum atomic E-state index is -0.831. The van der Waals surface area contributed by atoms with Crippen LogP contribution in [0.3, 0.4) is 0 Å². The van der Waals surface area contributed by atoms with E-state index in [0.29, 0.717) is 64.8 Å². The number of hydrogen-bond acceptors (Lipinski definition) is 11. The highest BCUT2D eigenvalue weighted by Crippen LogP contribution is 2.39. The predicted molar refractivity (Wildman–Crippen MR) is 202 cm³/mol. The zero-order chi connectivity index (χ0) is 36.6. The number of oxazole rings is 1. The first-order valence-electron chi connectivity index (χ1n) is 17.7. The van der Waals surface area contributed by atoms with Gasteiger partial charge in [0.2, 0.25) is 5.89 Å². The van der Waals surface area contributed by atoms with Gasteiger partial charge in [-0.3, -0.25) is 24.6 Å². The molecule has 12 nitrogen and oxygen atoms in total. The summed E-state index contributed by atoms with van der Waals surface area (Å²) in [6.45, 7) is 5.33. The summed E-state index contributed by atoms with van der Waals surface area (Å²) in [5, 5.41) is 34.5. The van der Waals surface area contributed by atoms with Crippen LogP contribution in [-0.2, 0) is 17.9 Å². The maximum atomic E-state index is 11.9. The second kappa shape index (κ2) is 14.5. The molecule has 6 heterocycles. The molecule has 0 spiro atoms. The summed E-state index contributed by atoms with van der Waals surface area (Å²) in [5.74, 6) is 0.0422. The monoisotopic (exact) mass is 728 g/mol. The van der Waals surface area contributed by atoms with Crippen LogP contribution >= 0.6 is 11.6 Å². The molecule has 6 aromatic rings. The SMILES string of the molecule is Cc1c(Nc2nccc3cc(CN4CC[C@@H](O)C4)cnc23)cccc1-c1nccc(-c2nc3cc(CN4CCCCC4C(=O)O)cc(C#N)c3o2)c1Cl. The van der Waals surface area contributed by atoms with Crippen LogP contribution in [0.5, 0.6) is 0 Å². The van der Waals surface area contributed by atoms with Crippen LogP contribution in [0.1, 0.15) is 47.9 Å². The molecule has 0 amide bonds. The Labute approximate surface area is 310 Å². The summed E-state index contributed by atoms with van der Waals surface area (Å²) in [5.41, 5.74) is 7.35. The average Bonchev–Trinajstić information content (AvgIpc) is 3.78. The Hall–Kier alpha value is -5.45. The molecule has 0 bridgehead atoms. The lowest BCUT2D eigenvalue weighted by Crippen LogP contribution is -2.44. The molecular formula is C40H37ClN8O4. The van der Waals surface area contributed by atoms with Crippen molar-refractivity contribution in [3.05, 3.63) is 94.4 Å². The number of halogens is 1. The molecule has 2 aliphatic rings. The fraction of sp³-hybridized carbons (Fsp3) is 0.300. The smallest absolute Gasteiger partial charge is 0.320 e. The average molecular weight is 729 g/mol. The number of benzene rings is 2. The molecule has 4 aromatic heterocycles. The van der Waals surface area contributed by atoms with E-state index in [4.69, 9.17) is 26.0 Å². The number of fused-ring (bicyclic) bond motifs is 2. The van der Waals surface area contributed by atoms with Crippen LogP contribution in [0.4, 0.5) is 11.5 Å². The summed E-state index contributed by atoms with van der Waals surface area (Å²) in [6, 6.07) is 16.9. The molecule has 2 saturated heterocycles. The lowest BCUT2D eigenvalue weighted by atomic mass is 10.0. The van der Waals surface area contributed by atoms with Crippen LogP contribution in [-0.4, -0.2) is 77.7 Å². The molecule has 1 unspecified atom stereocenters. The fourth-order valence-corrected chi connectivity index (χ4v) is 7.82. The minimum absolute atomic E-state index is 0.252. The van der Waals surface area contributed by atoms with Gasteiger partial charge in [-0.05, 0) is 85.8 Å². The Morgan fingerprint density at radius 2 is 1.91 bits per heavy atom. The molecule has 8 rings (SSSR count). The topological polar surface area (TPSA) is 165 Å². The van der Waals surface area contributed by atoms with Crippen LogP contribution in [0, 0.1) is 18.3 Å². The third-order valence-electron chi connectivity index (χ3n) is 10.2. The fourth-order valence-electron chi connectivity index (χ4n) is 7.52. The van der Waals surface area contributed by atoms with E-state index in [0.717, 1.165) is 71.2 Å². The van der Waals surface area contributed by atoms with Crippen LogP contribution < -0.4 is 5.32 Å². The van der Waals surface area contributed by atoms with Gasteiger partial charge in [-0.2, -0.15) is 5.26 Å². The van der Waals surface area contributed by atoms with Gasteiger partial charge in [0.1, 0.15) is 23.1 Å². The van der Waals surface area contributed by atoms with E-state index in [1.165, 1.54) is 0 Å². The maximum Gasteiger partial charge on any atom is 0.320 e. The molecule has 53 heavy (non-hydrogen) atoms. The molecule has 2 atom stereocenters. The number of carbonyl (C=O) groups is 1. The lowest BCUT2D eigenvalue weighted by Gasteiger charge is -2.32. The number of nitriles is 1. The van der Waals surface area contributed by atoms with Crippen molar-refractivity contribution in [3.63, 3.8) is 0 Å². The molecule has 2 fully saturated rings. The number of aliphatic carboxylic acids is 1. The second-order valence-corrected chi connectivity index (χ2v) is 14.2. The van der Waals surface area contributed by atoms with E-state index in [-0.39, 0.29) is 12.0 Å². The van der Waals surface area contributed by atoms with Gasteiger partial charge >= 0.3 is 5.97 Å². The number of pyridine rings is 3. The molecular weight excluding hydrogens is 692 g/mol. The van der Waals surface area contributed by atoms with E-state index >= 15 is 0 Å². The maximum absolute atomic E-state index is 11.9. The van der Waals surface area contributed by atoms with Gasteiger partial charge in [-0.1, -0.05) is 30.2 Å². The number of anilines is 2. The summed E-state index contributed by atoms with van der Waals surface area (Å²) < 4.78 is 6.18. The first-order valence-corrected chi connectivity index (χ1v) is 18.1. The molecule has 2 aromatic carbocycles. The highest BCUT2D eigenvalue weighted by atomic mass is 35.5. The van der Waals surface area contributed by atoms with E-state index < -0.39 is 12.0 Å². The van der Waals surface area contributed by atoms with Crippen LogP contribution in [0.2, 0.25) is 5.02 Å². The van der Waals surface area contributed by atoms with E-state index in [1.54, 1.807) is 24.5 Å². The predicted octanol–water partition coefficient (Wildman–Crippen LogP) is 7.08. The number of carboxylic acid groups (broad SMARTS) is 1. The number of rotatable bonds is 9. The van der Waals surface area contributed by atoms with Gasteiger partial charge in [-0.25, -0.2) is 9.97 Å². The van der Waals surface area contributed by atoms with Crippen molar-refractivity contribution in [2.75, 3.05) is 25.0 Å². The van der Waals surface area contributed by atoms with Gasteiger partial charge in [0.15, 0.2) is 11.4 Å². The molecule has 3 N–H and O–H groups in total. The van der Waals surface area contributed by atoms with Crippen molar-refractivity contribution in [2.45, 2.75) is 57.8 Å². The quantitative estimate of drug-likeness (QED) is 0.139. The van der Waals surface area contributed by atoms with E-state index in [9.17, 15) is 20.3 Å². The van der Waals surface area contributed by atoms with Crippen molar-refractivity contribution in [2.24, 2.45) is 0 Å². The third-order valence-corrected chi connectivity index (χ3v) is 10.6. The molecule has 268 valence electrons. The summed E-state index contributed by atoms with van der Waals surface area (Å²) in [4.78, 5) is 34.9. The largest absolute Gasteiger partial charge is 0.480 e. The van der Waals surface area contributed by atoms with Crippen molar-refractivity contribution in [1.82, 2.24) is 29.7 Å². The highest BCUT2D eigenvalue weighted by molar-refractivity contribution is 6.35. The summed E-state index contributed by atoms with van der Waals surface area (Å²) in [7, 11) is 0. The van der Waals surface area contributed by atoms with Gasteiger partial charge < -0.3 is 19.9 Å². The van der Waals surface area contributed by atoms with Crippen molar-refractivity contribution >= 4 is 51.1 Å². The zero-order valence-electron chi connectivity index (χ0n) is 29.1. The van der Waals surface area contributed by atoms with E-state index in [2.05, 4.69) is 32.3 Å². The number of likely N-dealkylation sites (tertiary alicyclic amines) is 2. The Morgan fingerprint density at radius 3 is 2.72 bits per heavy atom. The highest BCUT2D eigenvalue weighted by Gasteiger charge is 2.29. The Kier molecular flexibility index (Phi) is 9.49. The summed E-state index contributed by atoms with van der Waals surface area (Å²) in [6.07, 6.45) is 8.22. The number of aliphatic hydroxyl groups is 1. The minimum Gasteiger partial charge on any atom is -0.480 e. The molecule has 0 saturated carbocycles. The lowest BCUT2D eigenvalue weighted by molar-refractivity contribution is -0.144. The van der Waals surface area contributed by atoms with Crippen LogP contribution in [0.15, 0.2) is 71.5 Å². The first kappa shape index (κ1) is 34.6. The van der Waals surface area contributed by atoms with Gasteiger partial charge in [0.25, 0.3) is 0 Å². The van der Waals surface area contributed by atoms with Crippen molar-refractivity contribution < 1.29 is 19.4 Å². The number of piperidine rings is 1. The summed E-state index contributed by atoms with van der Waals surface area (Å²) >= 11 is 7.08. The number of carboxylic acids is 1. The second-order valence-electron chi connectivity index (χ2n) is 13.8. The molecule has 13 heteroatoms. The number of aliphatic hydroxyl groups excluding tert-OH is 1. The number of nitrogens with zero attached hydrogens (tertiary/aromatic N) is 7. The van der Waals surface area contributed by atoms with Crippen LogP contribution in [0.25, 0.3) is 44.7 Å². The zero-order valence-corrected chi connectivity index (χ0v) is 29.8. The molecule has 0 aliphatic carbocycles. The van der Waals surface area contributed by atoms with Crippen molar-refractivity contribution in [1.29, 1.82) is 5.26 Å². The third kappa shape index (κ3) is 6.92. The number of β-amino-alcohol motifs (C(OH)–C–C–N with tert-alkyl or cyclic N) is 1. The Morgan fingerprint density at radius 1 is 1.04 bits per heavy atom. The number of hydrogen-bond donors (Lipinski definition) is 3. The molecule has 0 radical (unpaired) electrons. The Bertz CT molecular complexity index is 2410. The Balaban J connectivity index is 1.08. The van der Waals surface area contributed by atoms with Gasteiger partial charge in [0, 0.05) is 61.4 Å². The van der Waals surface area contributed by atoms with Gasteiger partial charge in [0.05, 0.1) is 27.9 Å². The standard InChI is InChI=1S/C40H37ClN8O4/c1-23-29(5-4-6-31(23)46-38-35-26(8-11-44-38)16-25(19-45-35)20-48-14-10-28(50)22-48)36-34(41)30(9-12-43-36)39-47-32-17-24(15-27(18-42)37(32)53-39)21-49-13-3-2-7-33(49)40(51)52/h4-6,8-9,11-12,15-17,19,28,33,50H,2-3,7,10,13-14,20-22H2,1H3,(H,44,46)(H,51,52)/t28-,33?/m1/s1.